The summed E-state index contributed by atoms with van der Waals surface area (Å²) in [6.07, 6.45) is 5.14. The zero-order valence-electron chi connectivity index (χ0n) is 24.8. The minimum absolute atomic E-state index is 0.171. The molecule has 3 N–H and O–H groups in total. The van der Waals surface area contributed by atoms with Gasteiger partial charge in [0.2, 0.25) is 17.7 Å². The lowest BCUT2D eigenvalue weighted by atomic mass is 10.0. The number of nitrogens with one attached hydrogen (secondary N) is 3. The molecule has 3 rings (SSSR count). The topological polar surface area (TPSA) is 103 Å². The molecule has 1 aromatic heterocycles. The van der Waals surface area contributed by atoms with Crippen molar-refractivity contribution >= 4 is 39.3 Å². The fourth-order valence-corrected chi connectivity index (χ4v) is 5.40. The quantitative estimate of drug-likeness (QED) is 0.235. The lowest BCUT2D eigenvalue weighted by Crippen LogP contribution is -2.53. The van der Waals surface area contributed by atoms with Gasteiger partial charge in [-0.1, -0.05) is 63.2 Å². The Hall–Kier alpha value is -3.56. The molecule has 9 heteroatoms. The summed E-state index contributed by atoms with van der Waals surface area (Å²) in [6.45, 7) is 7.14. The number of amides is 3. The molecule has 0 bridgehead atoms. The van der Waals surface area contributed by atoms with Crippen LogP contribution in [-0.2, 0) is 27.2 Å². The van der Waals surface area contributed by atoms with Gasteiger partial charge in [0.05, 0.1) is 21.3 Å². The van der Waals surface area contributed by atoms with Crippen molar-refractivity contribution in [3.8, 4) is 0 Å². The van der Waals surface area contributed by atoms with Crippen LogP contribution in [0.5, 0.6) is 0 Å². The largest absolute Gasteiger partial charge is 0.350 e. The van der Waals surface area contributed by atoms with Crippen LogP contribution >= 0.6 is 11.3 Å². The highest BCUT2D eigenvalue weighted by Crippen LogP contribution is 2.27. The molecule has 1 heterocycles. The van der Waals surface area contributed by atoms with E-state index in [4.69, 9.17) is 4.98 Å². The van der Waals surface area contributed by atoms with Crippen molar-refractivity contribution in [2.75, 3.05) is 27.2 Å². The van der Waals surface area contributed by atoms with Gasteiger partial charge in [0.25, 0.3) is 0 Å². The van der Waals surface area contributed by atoms with Crippen molar-refractivity contribution < 1.29 is 14.4 Å². The monoisotopic (exact) mass is 577 g/mol. The molecule has 0 radical (unpaired) electrons. The molecule has 0 aliphatic heterocycles. The van der Waals surface area contributed by atoms with E-state index in [0.717, 1.165) is 20.8 Å². The molecule has 8 nitrogen and oxygen atoms in total. The lowest BCUT2D eigenvalue weighted by Gasteiger charge is -2.23. The maximum Gasteiger partial charge on any atom is 0.243 e. The van der Waals surface area contributed by atoms with Crippen LogP contribution in [0.25, 0.3) is 10.2 Å². The first-order chi connectivity index (χ1) is 19.6. The fourth-order valence-electron chi connectivity index (χ4n) is 4.34. The van der Waals surface area contributed by atoms with Crippen LogP contribution in [0, 0.1) is 0 Å². The van der Waals surface area contributed by atoms with Crippen LogP contribution in [0.2, 0.25) is 0 Å². The molecule has 220 valence electrons. The smallest absolute Gasteiger partial charge is 0.243 e. The van der Waals surface area contributed by atoms with Crippen molar-refractivity contribution in [2.45, 2.75) is 64.5 Å². The number of fused-ring (bicyclic) bond motifs is 1. The molecule has 0 aliphatic carbocycles. The highest BCUT2D eigenvalue weighted by Gasteiger charge is 2.25. The SMILES string of the molecule is CCCC(=O)N[C@@H](Cc1nc2ccc(C(C)C)cc2s1)C(=O)N[C@H](CNC(=O)/C=C/CN(C)C)Cc1ccccc1. The molecule has 2 aromatic carbocycles. The van der Waals surface area contributed by atoms with Crippen molar-refractivity contribution in [3.05, 3.63) is 76.8 Å². The third-order valence-electron chi connectivity index (χ3n) is 6.56. The summed E-state index contributed by atoms with van der Waals surface area (Å²) in [6, 6.07) is 14.9. The maximum absolute atomic E-state index is 13.7. The van der Waals surface area contributed by atoms with E-state index in [0.29, 0.717) is 31.7 Å². The Morgan fingerprint density at radius 1 is 1.02 bits per heavy atom. The van der Waals surface area contributed by atoms with Gasteiger partial charge in [0.1, 0.15) is 6.04 Å². The Balaban J connectivity index is 1.77. The van der Waals surface area contributed by atoms with Gasteiger partial charge < -0.3 is 20.9 Å². The standard InChI is InChI=1S/C32H43N5O3S/c1-6-11-30(39)35-27(20-31-36-26-16-15-24(22(2)3)19-28(26)41-31)32(40)34-25(18-23-12-8-7-9-13-23)21-33-29(38)14-10-17-37(4)5/h7-10,12-16,19,22,25,27H,6,11,17-18,20-21H2,1-5H3,(H,33,38)(H,34,40)(H,35,39)/b14-10+/t25-,27-/m0/s1. The molecule has 3 aromatic rings. The second-order valence-electron chi connectivity index (χ2n) is 10.9. The number of rotatable bonds is 15. The van der Waals surface area contributed by atoms with Gasteiger partial charge in [-0.05, 0) is 56.1 Å². The van der Waals surface area contributed by atoms with Gasteiger partial charge in [-0.15, -0.1) is 11.3 Å². The van der Waals surface area contributed by atoms with Gasteiger partial charge >= 0.3 is 0 Å². The van der Waals surface area contributed by atoms with E-state index in [-0.39, 0.29) is 36.7 Å². The fraction of sp³-hybridized carbons (Fsp3) is 0.438. The highest BCUT2D eigenvalue weighted by atomic mass is 32.1. The maximum atomic E-state index is 13.7. The van der Waals surface area contributed by atoms with Gasteiger partial charge in [-0.3, -0.25) is 14.4 Å². The van der Waals surface area contributed by atoms with Crippen molar-refractivity contribution in [1.29, 1.82) is 0 Å². The van der Waals surface area contributed by atoms with E-state index in [2.05, 4.69) is 41.9 Å². The summed E-state index contributed by atoms with van der Waals surface area (Å²) < 4.78 is 1.07. The van der Waals surface area contributed by atoms with Crippen molar-refractivity contribution in [2.24, 2.45) is 0 Å². The normalized spacial score (nSPS) is 13.0. The molecule has 2 atom stereocenters. The number of carbonyl (C=O) groups is 3. The number of nitrogens with zero attached hydrogens (tertiary/aromatic N) is 2. The molecule has 0 aliphatic rings. The number of likely N-dealkylation sites (N-methyl/N-ethyl adjacent to an activating group) is 1. The number of hydrogen-bond donors (Lipinski definition) is 3. The molecule has 0 fully saturated rings. The minimum atomic E-state index is -0.784. The number of thiazole rings is 1. The predicted octanol–water partition coefficient (Wildman–Crippen LogP) is 4.21. The summed E-state index contributed by atoms with van der Waals surface area (Å²) in [5.74, 6) is -0.283. The second kappa shape index (κ2) is 16.0. The Kier molecular flexibility index (Phi) is 12.5. The summed E-state index contributed by atoms with van der Waals surface area (Å²) in [7, 11) is 3.86. The number of aromatic nitrogens is 1. The first-order valence-electron chi connectivity index (χ1n) is 14.3. The first kappa shape index (κ1) is 32.0. The molecule has 41 heavy (non-hydrogen) atoms. The Morgan fingerprint density at radius 2 is 1.78 bits per heavy atom. The number of hydrogen-bond acceptors (Lipinski definition) is 6. The van der Waals surface area contributed by atoms with Crippen LogP contribution in [0.1, 0.15) is 55.7 Å². The van der Waals surface area contributed by atoms with Crippen LogP contribution < -0.4 is 16.0 Å². The summed E-state index contributed by atoms with van der Waals surface area (Å²) in [5.41, 5.74) is 3.16. The Labute approximate surface area is 247 Å². The van der Waals surface area contributed by atoms with Crippen LogP contribution in [0.15, 0.2) is 60.7 Å². The summed E-state index contributed by atoms with van der Waals surface area (Å²) >= 11 is 1.55. The Bertz CT molecular complexity index is 1320. The van der Waals surface area contributed by atoms with Crippen LogP contribution in [0.4, 0.5) is 0 Å². The number of carbonyl (C=O) groups excluding carboxylic acids is 3. The molecule has 0 spiro atoms. The van der Waals surface area contributed by atoms with E-state index >= 15 is 0 Å². The van der Waals surface area contributed by atoms with Gasteiger partial charge in [-0.25, -0.2) is 4.98 Å². The van der Waals surface area contributed by atoms with Crippen molar-refractivity contribution in [1.82, 2.24) is 25.8 Å². The molecule has 3 amide bonds. The summed E-state index contributed by atoms with van der Waals surface area (Å²) in [4.78, 5) is 45.4. The molecular weight excluding hydrogens is 534 g/mol. The lowest BCUT2D eigenvalue weighted by molar-refractivity contribution is -0.129. The zero-order chi connectivity index (χ0) is 29.8. The minimum Gasteiger partial charge on any atom is -0.350 e. The van der Waals surface area contributed by atoms with E-state index in [1.807, 2.05) is 62.3 Å². The second-order valence-corrected chi connectivity index (χ2v) is 12.0. The van der Waals surface area contributed by atoms with E-state index in [9.17, 15) is 14.4 Å². The predicted molar refractivity (Wildman–Crippen MR) is 167 cm³/mol. The average Bonchev–Trinajstić information content (AvgIpc) is 3.33. The third-order valence-corrected chi connectivity index (χ3v) is 7.61. The third kappa shape index (κ3) is 10.7. The number of benzene rings is 2. The zero-order valence-corrected chi connectivity index (χ0v) is 25.6. The van der Waals surface area contributed by atoms with Crippen LogP contribution in [0.3, 0.4) is 0 Å². The van der Waals surface area contributed by atoms with Gasteiger partial charge in [-0.2, -0.15) is 0 Å². The summed E-state index contributed by atoms with van der Waals surface area (Å²) in [5, 5.41) is 9.72. The first-order valence-corrected chi connectivity index (χ1v) is 15.1. The van der Waals surface area contributed by atoms with E-state index in [1.165, 1.54) is 11.6 Å². The van der Waals surface area contributed by atoms with E-state index in [1.54, 1.807) is 17.4 Å². The van der Waals surface area contributed by atoms with E-state index < -0.39 is 6.04 Å². The average molecular weight is 578 g/mol. The molecular formula is C32H43N5O3S. The Morgan fingerprint density at radius 3 is 2.46 bits per heavy atom. The highest BCUT2D eigenvalue weighted by molar-refractivity contribution is 7.18. The van der Waals surface area contributed by atoms with Crippen molar-refractivity contribution in [3.63, 3.8) is 0 Å². The molecule has 0 unspecified atom stereocenters. The van der Waals surface area contributed by atoms with Gasteiger partial charge in [0.15, 0.2) is 0 Å². The van der Waals surface area contributed by atoms with Gasteiger partial charge in [0, 0.05) is 32.0 Å². The van der Waals surface area contributed by atoms with Crippen LogP contribution in [-0.4, -0.2) is 66.9 Å². The molecule has 0 saturated heterocycles. The molecule has 0 saturated carbocycles.